The number of carboxylic acid groups (broad SMARTS) is 1. The summed E-state index contributed by atoms with van der Waals surface area (Å²) in [4.78, 5) is 28.1. The van der Waals surface area contributed by atoms with Gasteiger partial charge in [-0.15, -0.1) is 0 Å². The Balaban J connectivity index is 1.66. The van der Waals surface area contributed by atoms with Crippen molar-refractivity contribution in [3.63, 3.8) is 0 Å². The Morgan fingerprint density at radius 1 is 1.15 bits per heavy atom. The molecule has 2 N–H and O–H groups in total. The molecule has 1 atom stereocenters. The highest BCUT2D eigenvalue weighted by atomic mass is 16.4. The van der Waals surface area contributed by atoms with Crippen molar-refractivity contribution in [1.29, 1.82) is 0 Å². The molecule has 6 heteroatoms. The monoisotopic (exact) mass is 351 g/mol. The number of carboxylic acids is 1. The first-order valence-corrected chi connectivity index (χ1v) is 8.49. The number of nitrogens with zero attached hydrogens (tertiary/aromatic N) is 2. The van der Waals surface area contributed by atoms with E-state index >= 15 is 0 Å². The smallest absolute Gasteiger partial charge is 0.335 e. The summed E-state index contributed by atoms with van der Waals surface area (Å²) in [6.45, 7) is 1.89. The molecule has 0 fully saturated rings. The van der Waals surface area contributed by atoms with Crippen LogP contribution in [-0.2, 0) is 18.3 Å². The van der Waals surface area contributed by atoms with E-state index in [-0.39, 0.29) is 23.9 Å². The fourth-order valence-corrected chi connectivity index (χ4v) is 3.12. The lowest BCUT2D eigenvalue weighted by Gasteiger charge is -2.14. The minimum Gasteiger partial charge on any atom is -0.478 e. The van der Waals surface area contributed by atoms with E-state index in [2.05, 4.69) is 10.3 Å². The van der Waals surface area contributed by atoms with Crippen LogP contribution in [0.1, 0.15) is 41.1 Å². The molecule has 6 nitrogen and oxygen atoms in total. The highest BCUT2D eigenvalue weighted by Gasteiger charge is 2.17. The Hall–Kier alpha value is -3.15. The second-order valence-electron chi connectivity index (χ2n) is 6.27. The van der Waals surface area contributed by atoms with Gasteiger partial charge in [0.25, 0.3) is 0 Å². The van der Waals surface area contributed by atoms with Crippen LogP contribution in [0.4, 0.5) is 0 Å². The zero-order chi connectivity index (χ0) is 18.7. The van der Waals surface area contributed by atoms with E-state index in [1.54, 1.807) is 24.3 Å². The fraction of sp³-hybridized carbons (Fsp3) is 0.250. The minimum absolute atomic E-state index is 0.134. The summed E-state index contributed by atoms with van der Waals surface area (Å²) in [7, 11) is 1.93. The van der Waals surface area contributed by atoms with Crippen LogP contribution in [0.5, 0.6) is 0 Å². The lowest BCUT2D eigenvalue weighted by atomic mass is 10.0. The van der Waals surface area contributed by atoms with Crippen LogP contribution in [0, 0.1) is 0 Å². The van der Waals surface area contributed by atoms with Crippen molar-refractivity contribution in [3.05, 3.63) is 65.5 Å². The number of aromatic nitrogens is 2. The van der Waals surface area contributed by atoms with Gasteiger partial charge in [-0.2, -0.15) is 0 Å². The number of aromatic carboxylic acids is 1. The van der Waals surface area contributed by atoms with E-state index in [4.69, 9.17) is 0 Å². The quantitative estimate of drug-likeness (QED) is 0.715. The van der Waals surface area contributed by atoms with Crippen LogP contribution in [-0.4, -0.2) is 26.5 Å². The largest absolute Gasteiger partial charge is 0.478 e. The van der Waals surface area contributed by atoms with E-state index in [0.29, 0.717) is 12.0 Å². The van der Waals surface area contributed by atoms with E-state index in [0.717, 1.165) is 16.9 Å². The van der Waals surface area contributed by atoms with E-state index in [9.17, 15) is 14.7 Å². The number of fused-ring (bicyclic) bond motifs is 1. The SMILES string of the molecule is CC(NC(=O)CCc1ccccc1C(=O)O)c1nc2ccccc2n1C. The number of hydrogen-bond acceptors (Lipinski definition) is 3. The summed E-state index contributed by atoms with van der Waals surface area (Å²) in [5.74, 6) is -0.329. The van der Waals surface area contributed by atoms with Gasteiger partial charge in [-0.3, -0.25) is 4.79 Å². The standard InChI is InChI=1S/C20H21N3O3/c1-13(19-22-16-9-5-6-10-17(16)23(19)2)21-18(24)12-11-14-7-3-4-8-15(14)20(25)26/h3-10,13H,11-12H2,1-2H3,(H,21,24)(H,25,26). The molecule has 134 valence electrons. The predicted octanol–water partition coefficient (Wildman–Crippen LogP) is 3.08. The average Bonchev–Trinajstić information content (AvgIpc) is 2.97. The molecule has 0 saturated carbocycles. The molecule has 1 amide bonds. The molecule has 0 bridgehead atoms. The van der Waals surface area contributed by atoms with Gasteiger partial charge in [0.05, 0.1) is 22.6 Å². The summed E-state index contributed by atoms with van der Waals surface area (Å²) < 4.78 is 1.97. The number of rotatable bonds is 6. The number of carbonyl (C=O) groups excluding carboxylic acids is 1. The van der Waals surface area contributed by atoms with Crippen molar-refractivity contribution in [2.45, 2.75) is 25.8 Å². The molecule has 0 aliphatic carbocycles. The number of para-hydroxylation sites is 2. The van der Waals surface area contributed by atoms with Crippen LogP contribution in [0.2, 0.25) is 0 Å². The molecule has 0 aliphatic rings. The van der Waals surface area contributed by atoms with Crippen molar-refractivity contribution >= 4 is 22.9 Å². The second-order valence-corrected chi connectivity index (χ2v) is 6.27. The Kier molecular flexibility index (Phi) is 5.02. The molecular formula is C20H21N3O3. The van der Waals surface area contributed by atoms with E-state index in [1.807, 2.05) is 42.8 Å². The van der Waals surface area contributed by atoms with Gasteiger partial charge in [0.2, 0.25) is 5.91 Å². The highest BCUT2D eigenvalue weighted by molar-refractivity contribution is 5.89. The topological polar surface area (TPSA) is 84.2 Å². The number of hydrogen-bond donors (Lipinski definition) is 2. The van der Waals surface area contributed by atoms with Gasteiger partial charge in [0.1, 0.15) is 5.82 Å². The summed E-state index contributed by atoms with van der Waals surface area (Å²) in [5, 5.41) is 12.2. The zero-order valence-electron chi connectivity index (χ0n) is 14.8. The van der Waals surface area contributed by atoms with E-state index < -0.39 is 5.97 Å². The van der Waals surface area contributed by atoms with Gasteiger partial charge in [-0.05, 0) is 37.1 Å². The lowest BCUT2D eigenvalue weighted by Crippen LogP contribution is -2.28. The maximum atomic E-state index is 12.3. The van der Waals surface area contributed by atoms with Crippen LogP contribution in [0.15, 0.2) is 48.5 Å². The molecule has 1 aromatic heterocycles. The molecule has 26 heavy (non-hydrogen) atoms. The van der Waals surface area contributed by atoms with E-state index in [1.165, 1.54) is 0 Å². The number of amides is 1. The van der Waals surface area contributed by atoms with Crippen LogP contribution < -0.4 is 5.32 Å². The first kappa shape index (κ1) is 17.7. The fourth-order valence-electron chi connectivity index (χ4n) is 3.12. The van der Waals surface area contributed by atoms with Gasteiger partial charge < -0.3 is 15.0 Å². The average molecular weight is 351 g/mol. The third kappa shape index (κ3) is 3.59. The molecule has 1 unspecified atom stereocenters. The first-order chi connectivity index (χ1) is 12.5. The highest BCUT2D eigenvalue weighted by Crippen LogP contribution is 2.19. The molecule has 0 spiro atoms. The Morgan fingerprint density at radius 3 is 2.58 bits per heavy atom. The number of imidazole rings is 1. The summed E-state index contributed by atoms with van der Waals surface area (Å²) in [6.07, 6.45) is 0.599. The van der Waals surface area contributed by atoms with Crippen LogP contribution in [0.25, 0.3) is 11.0 Å². The van der Waals surface area contributed by atoms with Crippen LogP contribution >= 0.6 is 0 Å². The van der Waals surface area contributed by atoms with Gasteiger partial charge in [-0.1, -0.05) is 30.3 Å². The third-order valence-corrected chi connectivity index (χ3v) is 4.46. The van der Waals surface area contributed by atoms with Gasteiger partial charge in [-0.25, -0.2) is 9.78 Å². The summed E-state index contributed by atoms with van der Waals surface area (Å²) >= 11 is 0. The van der Waals surface area contributed by atoms with Crippen LogP contribution in [0.3, 0.4) is 0 Å². The molecule has 1 heterocycles. The first-order valence-electron chi connectivity index (χ1n) is 8.49. The maximum Gasteiger partial charge on any atom is 0.335 e. The Morgan fingerprint density at radius 2 is 1.85 bits per heavy atom. The van der Waals surface area contributed by atoms with Crippen molar-refractivity contribution in [2.75, 3.05) is 0 Å². The lowest BCUT2D eigenvalue weighted by molar-refractivity contribution is -0.121. The minimum atomic E-state index is -0.978. The molecule has 2 aromatic carbocycles. The number of nitrogens with one attached hydrogen (secondary N) is 1. The molecule has 0 aliphatic heterocycles. The number of benzene rings is 2. The number of aryl methyl sites for hydroxylation is 2. The van der Waals surface area contributed by atoms with Gasteiger partial charge in [0, 0.05) is 13.5 Å². The van der Waals surface area contributed by atoms with Crippen molar-refractivity contribution in [1.82, 2.24) is 14.9 Å². The Bertz CT molecular complexity index is 962. The maximum absolute atomic E-state index is 12.3. The zero-order valence-corrected chi connectivity index (χ0v) is 14.8. The molecule has 3 aromatic rings. The normalized spacial score (nSPS) is 12.1. The summed E-state index contributed by atoms with van der Waals surface area (Å²) in [6, 6.07) is 14.3. The van der Waals surface area contributed by atoms with Crippen molar-refractivity contribution in [2.24, 2.45) is 7.05 Å². The molecule has 3 rings (SSSR count). The van der Waals surface area contributed by atoms with Gasteiger partial charge in [0.15, 0.2) is 0 Å². The van der Waals surface area contributed by atoms with Crippen molar-refractivity contribution in [3.8, 4) is 0 Å². The molecule has 0 radical (unpaired) electrons. The third-order valence-electron chi connectivity index (χ3n) is 4.46. The summed E-state index contributed by atoms with van der Waals surface area (Å²) in [5.41, 5.74) is 2.80. The second kappa shape index (κ2) is 7.39. The predicted molar refractivity (Wildman–Crippen MR) is 99.0 cm³/mol. The van der Waals surface area contributed by atoms with Gasteiger partial charge >= 0.3 is 5.97 Å². The molecule has 0 saturated heterocycles. The van der Waals surface area contributed by atoms with Crippen molar-refractivity contribution < 1.29 is 14.7 Å². The number of carbonyl (C=O) groups is 2. The Labute approximate surface area is 151 Å². The molecular weight excluding hydrogens is 330 g/mol.